The molecule has 1 aliphatic rings. The van der Waals surface area contributed by atoms with Crippen LogP contribution in [-0.2, 0) is 9.53 Å². The number of carbonyl (C=O) groups excluding carboxylic acids is 2. The summed E-state index contributed by atoms with van der Waals surface area (Å²) in [6.07, 6.45) is 1.49. The number of benzene rings is 1. The van der Waals surface area contributed by atoms with Crippen molar-refractivity contribution in [2.45, 2.75) is 6.92 Å². The van der Waals surface area contributed by atoms with Crippen molar-refractivity contribution in [3.05, 3.63) is 35.4 Å². The maximum atomic E-state index is 11.7. The summed E-state index contributed by atoms with van der Waals surface area (Å²) in [7, 11) is 1.55. The lowest BCUT2D eigenvalue weighted by Crippen LogP contribution is -2.02. The molecular formula is C13H12O4. The Balaban J connectivity index is 2.28. The predicted molar refractivity (Wildman–Crippen MR) is 61.9 cm³/mol. The average molecular weight is 232 g/mol. The molecule has 0 saturated heterocycles. The zero-order valence-electron chi connectivity index (χ0n) is 9.65. The van der Waals surface area contributed by atoms with Crippen LogP contribution in [-0.4, -0.2) is 25.5 Å². The Bertz CT molecular complexity index is 514. The fourth-order valence-electron chi connectivity index (χ4n) is 1.75. The first kappa shape index (κ1) is 11.4. The van der Waals surface area contributed by atoms with E-state index in [0.29, 0.717) is 11.3 Å². The van der Waals surface area contributed by atoms with Gasteiger partial charge in [0.1, 0.15) is 12.4 Å². The molecule has 4 nitrogen and oxygen atoms in total. The highest BCUT2D eigenvalue weighted by Crippen LogP contribution is 2.30. The van der Waals surface area contributed by atoms with Crippen molar-refractivity contribution in [1.82, 2.24) is 0 Å². The number of hydrogen-bond acceptors (Lipinski definition) is 4. The van der Waals surface area contributed by atoms with Gasteiger partial charge in [0.2, 0.25) is 0 Å². The lowest BCUT2D eigenvalue weighted by atomic mass is 10.1. The van der Waals surface area contributed by atoms with Crippen LogP contribution in [0.15, 0.2) is 24.3 Å². The highest BCUT2D eigenvalue weighted by molar-refractivity contribution is 6.17. The normalized spacial score (nSPS) is 13.1. The Kier molecular flexibility index (Phi) is 2.95. The van der Waals surface area contributed by atoms with Gasteiger partial charge in [-0.15, -0.1) is 0 Å². The second-order valence-corrected chi connectivity index (χ2v) is 3.73. The molecule has 0 saturated carbocycles. The van der Waals surface area contributed by atoms with Gasteiger partial charge in [-0.2, -0.15) is 0 Å². The molecule has 0 spiro atoms. The lowest BCUT2D eigenvalue weighted by molar-refractivity contribution is -0.139. The summed E-state index contributed by atoms with van der Waals surface area (Å²) in [5.74, 6) is 0.195. The molecule has 0 aliphatic heterocycles. The fraction of sp³-hybridized carbons (Fsp3) is 0.231. The lowest BCUT2D eigenvalue weighted by Gasteiger charge is -2.06. The molecule has 2 rings (SSSR count). The van der Waals surface area contributed by atoms with Crippen LogP contribution in [0.3, 0.4) is 0 Å². The number of fused-ring (bicyclic) bond motifs is 1. The summed E-state index contributed by atoms with van der Waals surface area (Å²) in [4.78, 5) is 22.5. The summed E-state index contributed by atoms with van der Waals surface area (Å²) in [5.41, 5.74) is 2.12. The number of carbonyl (C=O) groups is 2. The molecule has 1 aliphatic carbocycles. The molecule has 0 bridgehead atoms. The highest BCUT2D eigenvalue weighted by Gasteiger charge is 2.22. The average Bonchev–Trinajstić information content (AvgIpc) is 2.63. The topological polar surface area (TPSA) is 52.6 Å². The Morgan fingerprint density at radius 2 is 2.06 bits per heavy atom. The zero-order valence-corrected chi connectivity index (χ0v) is 9.65. The predicted octanol–water partition coefficient (Wildman–Crippen LogP) is 1.84. The summed E-state index contributed by atoms with van der Waals surface area (Å²) in [6, 6.07) is 5.27. The van der Waals surface area contributed by atoms with Gasteiger partial charge in [0, 0.05) is 18.1 Å². The Morgan fingerprint density at radius 3 is 2.71 bits per heavy atom. The van der Waals surface area contributed by atoms with Crippen LogP contribution in [0.4, 0.5) is 0 Å². The van der Waals surface area contributed by atoms with E-state index in [1.54, 1.807) is 25.3 Å². The summed E-state index contributed by atoms with van der Waals surface area (Å²) < 4.78 is 9.96. The molecule has 0 unspecified atom stereocenters. The highest BCUT2D eigenvalue weighted by atomic mass is 16.5. The van der Waals surface area contributed by atoms with E-state index in [0.717, 1.165) is 11.1 Å². The van der Waals surface area contributed by atoms with Crippen molar-refractivity contribution < 1.29 is 19.1 Å². The third-order valence-electron chi connectivity index (χ3n) is 2.57. The van der Waals surface area contributed by atoms with E-state index in [-0.39, 0.29) is 18.4 Å². The van der Waals surface area contributed by atoms with Gasteiger partial charge in [0.25, 0.3) is 0 Å². The standard InChI is InChI=1S/C13H12O4/c1-8(14)17-7-9-5-13(15)12-6-10(16-2)3-4-11(9)12/h3-6H,7H2,1-2H3. The summed E-state index contributed by atoms with van der Waals surface area (Å²) in [5, 5.41) is 0. The van der Waals surface area contributed by atoms with Crippen molar-refractivity contribution in [3.63, 3.8) is 0 Å². The molecule has 0 N–H and O–H groups in total. The van der Waals surface area contributed by atoms with Gasteiger partial charge in [-0.25, -0.2) is 0 Å². The number of ketones is 1. The van der Waals surface area contributed by atoms with Crippen LogP contribution in [0.2, 0.25) is 0 Å². The van der Waals surface area contributed by atoms with Crippen molar-refractivity contribution >= 4 is 17.3 Å². The van der Waals surface area contributed by atoms with E-state index in [2.05, 4.69) is 0 Å². The van der Waals surface area contributed by atoms with Crippen molar-refractivity contribution in [1.29, 1.82) is 0 Å². The molecule has 17 heavy (non-hydrogen) atoms. The number of esters is 1. The first-order valence-electron chi connectivity index (χ1n) is 5.18. The van der Waals surface area contributed by atoms with E-state index < -0.39 is 0 Å². The van der Waals surface area contributed by atoms with Crippen LogP contribution in [0.25, 0.3) is 5.57 Å². The molecule has 1 aromatic carbocycles. The van der Waals surface area contributed by atoms with E-state index in [1.807, 2.05) is 0 Å². The molecular weight excluding hydrogens is 220 g/mol. The van der Waals surface area contributed by atoms with E-state index in [4.69, 9.17) is 9.47 Å². The van der Waals surface area contributed by atoms with E-state index in [1.165, 1.54) is 13.0 Å². The van der Waals surface area contributed by atoms with Crippen LogP contribution in [0.5, 0.6) is 5.75 Å². The van der Waals surface area contributed by atoms with Crippen LogP contribution in [0, 0.1) is 0 Å². The molecule has 0 radical (unpaired) electrons. The molecule has 4 heteroatoms. The minimum atomic E-state index is -0.361. The Labute approximate surface area is 98.8 Å². The van der Waals surface area contributed by atoms with E-state index in [9.17, 15) is 9.59 Å². The SMILES string of the molecule is COc1ccc2c(c1)C(=O)C=C2COC(C)=O. The van der Waals surface area contributed by atoms with Gasteiger partial charge in [-0.1, -0.05) is 6.07 Å². The van der Waals surface area contributed by atoms with Gasteiger partial charge in [0.15, 0.2) is 5.78 Å². The van der Waals surface area contributed by atoms with Gasteiger partial charge >= 0.3 is 5.97 Å². The van der Waals surface area contributed by atoms with E-state index >= 15 is 0 Å². The quantitative estimate of drug-likeness (QED) is 0.746. The smallest absolute Gasteiger partial charge is 0.302 e. The third-order valence-corrected chi connectivity index (χ3v) is 2.57. The molecule has 0 atom stereocenters. The van der Waals surface area contributed by atoms with Gasteiger partial charge in [-0.05, 0) is 23.8 Å². The first-order valence-corrected chi connectivity index (χ1v) is 5.18. The van der Waals surface area contributed by atoms with Crippen molar-refractivity contribution in [2.24, 2.45) is 0 Å². The summed E-state index contributed by atoms with van der Waals surface area (Å²) in [6.45, 7) is 1.46. The Morgan fingerprint density at radius 1 is 1.29 bits per heavy atom. The van der Waals surface area contributed by atoms with Gasteiger partial charge in [0.05, 0.1) is 7.11 Å². The third kappa shape index (κ3) is 2.20. The molecule has 0 aromatic heterocycles. The largest absolute Gasteiger partial charge is 0.497 e. The Hall–Kier alpha value is -2.10. The second-order valence-electron chi connectivity index (χ2n) is 3.73. The van der Waals surface area contributed by atoms with Gasteiger partial charge in [-0.3, -0.25) is 9.59 Å². The minimum absolute atomic E-state index is 0.0824. The van der Waals surface area contributed by atoms with Crippen LogP contribution in [0.1, 0.15) is 22.8 Å². The minimum Gasteiger partial charge on any atom is -0.497 e. The van der Waals surface area contributed by atoms with Crippen molar-refractivity contribution in [3.8, 4) is 5.75 Å². The molecule has 88 valence electrons. The second kappa shape index (κ2) is 4.41. The van der Waals surface area contributed by atoms with Crippen LogP contribution < -0.4 is 4.74 Å². The monoisotopic (exact) mass is 232 g/mol. The maximum Gasteiger partial charge on any atom is 0.302 e. The summed E-state index contributed by atoms with van der Waals surface area (Å²) >= 11 is 0. The molecule has 0 fully saturated rings. The molecule has 1 aromatic rings. The fourth-order valence-corrected chi connectivity index (χ4v) is 1.75. The number of rotatable bonds is 3. The number of hydrogen-bond donors (Lipinski definition) is 0. The van der Waals surface area contributed by atoms with Crippen molar-refractivity contribution in [2.75, 3.05) is 13.7 Å². The number of methoxy groups -OCH3 is 1. The maximum absolute atomic E-state index is 11.7. The van der Waals surface area contributed by atoms with Gasteiger partial charge < -0.3 is 9.47 Å². The zero-order chi connectivity index (χ0) is 12.4. The number of allylic oxidation sites excluding steroid dienone is 1. The molecule has 0 heterocycles. The first-order chi connectivity index (χ1) is 8.11. The molecule has 0 amide bonds. The number of ether oxygens (including phenoxy) is 2. The van der Waals surface area contributed by atoms with Crippen LogP contribution >= 0.6 is 0 Å².